The van der Waals surface area contributed by atoms with E-state index in [9.17, 15) is 14.4 Å². The second kappa shape index (κ2) is 10.0. The number of H-pyrrole nitrogens is 1. The van der Waals surface area contributed by atoms with E-state index in [0.717, 1.165) is 10.0 Å². The van der Waals surface area contributed by atoms with Gasteiger partial charge >= 0.3 is 0 Å². The van der Waals surface area contributed by atoms with Crippen LogP contribution in [-0.2, 0) is 4.79 Å². The summed E-state index contributed by atoms with van der Waals surface area (Å²) in [4.78, 5) is 38.1. The van der Waals surface area contributed by atoms with Crippen LogP contribution in [0.25, 0.3) is 10.8 Å². The lowest BCUT2D eigenvalue weighted by Gasteiger charge is -2.18. The molecule has 8 nitrogen and oxygen atoms in total. The molecule has 1 heterocycles. The first-order valence-electron chi connectivity index (χ1n) is 9.94. The molecule has 0 aliphatic heterocycles. The van der Waals surface area contributed by atoms with Gasteiger partial charge in [-0.15, -0.1) is 0 Å². The predicted molar refractivity (Wildman–Crippen MR) is 129 cm³/mol. The highest BCUT2D eigenvalue weighted by Gasteiger charge is 2.27. The van der Waals surface area contributed by atoms with Gasteiger partial charge in [0.15, 0.2) is 6.04 Å². The molecule has 164 valence electrons. The number of hydrazone groups is 1. The van der Waals surface area contributed by atoms with E-state index >= 15 is 0 Å². The predicted octanol–water partition coefficient (Wildman–Crippen LogP) is 3.31. The van der Waals surface area contributed by atoms with Crippen LogP contribution in [-0.4, -0.2) is 28.2 Å². The maximum Gasteiger partial charge on any atom is 0.272 e. The first-order valence-corrected chi connectivity index (χ1v) is 10.7. The van der Waals surface area contributed by atoms with Crippen LogP contribution in [0.4, 0.5) is 0 Å². The van der Waals surface area contributed by atoms with E-state index in [4.69, 9.17) is 0 Å². The number of benzene rings is 3. The Morgan fingerprint density at radius 2 is 1.61 bits per heavy atom. The van der Waals surface area contributed by atoms with Gasteiger partial charge in [-0.25, -0.2) is 10.5 Å². The first-order chi connectivity index (χ1) is 16.0. The monoisotopic (exact) mass is 503 g/mol. The molecule has 0 spiro atoms. The van der Waals surface area contributed by atoms with Gasteiger partial charge in [0, 0.05) is 15.4 Å². The molecule has 0 saturated heterocycles. The molecule has 33 heavy (non-hydrogen) atoms. The fraction of sp³-hybridized carbons (Fsp3) is 0.0417. The molecule has 1 atom stereocenters. The van der Waals surface area contributed by atoms with E-state index in [1.807, 2.05) is 24.3 Å². The van der Waals surface area contributed by atoms with Crippen molar-refractivity contribution < 1.29 is 9.59 Å². The van der Waals surface area contributed by atoms with Crippen LogP contribution in [0, 0.1) is 0 Å². The van der Waals surface area contributed by atoms with E-state index in [1.54, 1.807) is 54.6 Å². The second-order valence-electron chi connectivity index (χ2n) is 7.04. The second-order valence-corrected chi connectivity index (χ2v) is 7.96. The number of hydrogen-bond donors (Lipinski definition) is 3. The lowest BCUT2D eigenvalue weighted by molar-refractivity contribution is -0.123. The standard InChI is InChI=1S/C24H18BrN5O3/c25-17-12-10-15(11-13-17)14-26-29-24(33)21(27-22(31)16-6-2-1-3-7-16)20-18-8-4-5-9-19(18)23(32)30-28-20/h1-14,21H,(H,27,31)(H,29,33)(H,30,32)/b26-14+/t21-/m0/s1. The highest BCUT2D eigenvalue weighted by molar-refractivity contribution is 9.10. The molecule has 4 aromatic rings. The largest absolute Gasteiger partial charge is 0.335 e. The maximum absolute atomic E-state index is 13.1. The van der Waals surface area contributed by atoms with Crippen molar-refractivity contribution in [2.24, 2.45) is 5.10 Å². The maximum atomic E-state index is 13.1. The van der Waals surface area contributed by atoms with E-state index in [0.29, 0.717) is 16.3 Å². The van der Waals surface area contributed by atoms with E-state index in [1.165, 1.54) is 6.21 Å². The minimum atomic E-state index is -1.21. The number of carbonyl (C=O) groups is 2. The Balaban J connectivity index is 1.66. The fourth-order valence-corrected chi connectivity index (χ4v) is 3.47. The molecule has 0 fully saturated rings. The summed E-state index contributed by atoms with van der Waals surface area (Å²) < 4.78 is 0.920. The number of nitrogens with one attached hydrogen (secondary N) is 3. The normalized spacial score (nSPS) is 11.9. The molecule has 0 unspecified atom stereocenters. The highest BCUT2D eigenvalue weighted by atomic mass is 79.9. The van der Waals surface area contributed by atoms with Gasteiger partial charge in [0.1, 0.15) is 5.69 Å². The summed E-state index contributed by atoms with van der Waals surface area (Å²) in [6.07, 6.45) is 1.48. The third-order valence-corrected chi connectivity index (χ3v) is 5.36. The van der Waals surface area contributed by atoms with Gasteiger partial charge in [0.05, 0.1) is 11.6 Å². The number of hydrogen-bond acceptors (Lipinski definition) is 5. The summed E-state index contributed by atoms with van der Waals surface area (Å²) in [5, 5.41) is 14.0. The molecule has 3 aromatic carbocycles. The Labute approximate surface area is 196 Å². The Morgan fingerprint density at radius 1 is 0.939 bits per heavy atom. The Hall–Kier alpha value is -4.11. The first kappa shape index (κ1) is 22.1. The van der Waals surface area contributed by atoms with Crippen LogP contribution in [0.2, 0.25) is 0 Å². The van der Waals surface area contributed by atoms with Crippen molar-refractivity contribution in [2.75, 3.05) is 0 Å². The van der Waals surface area contributed by atoms with Crippen molar-refractivity contribution in [3.8, 4) is 0 Å². The number of aromatic amines is 1. The van der Waals surface area contributed by atoms with Crippen molar-refractivity contribution >= 4 is 44.7 Å². The van der Waals surface area contributed by atoms with Gasteiger partial charge in [-0.1, -0.05) is 64.5 Å². The quantitative estimate of drug-likeness (QED) is 0.276. The summed E-state index contributed by atoms with van der Waals surface area (Å²) in [7, 11) is 0. The molecule has 9 heteroatoms. The summed E-state index contributed by atoms with van der Waals surface area (Å²) in [5.74, 6) is -1.08. The number of fused-ring (bicyclic) bond motifs is 1. The van der Waals surface area contributed by atoms with Crippen molar-refractivity contribution in [1.29, 1.82) is 0 Å². The molecule has 3 N–H and O–H groups in total. The molecular weight excluding hydrogens is 486 g/mol. The summed E-state index contributed by atoms with van der Waals surface area (Å²) in [6.45, 7) is 0. The molecule has 0 saturated carbocycles. The SMILES string of the molecule is O=C(N[C@H](C(=O)N/N=C/c1ccc(Br)cc1)c1n[nH]c(=O)c2ccccc12)c1ccccc1. The van der Waals surface area contributed by atoms with E-state index in [2.05, 4.69) is 42.0 Å². The topological polar surface area (TPSA) is 116 Å². The van der Waals surface area contributed by atoms with Crippen molar-refractivity contribution in [2.45, 2.75) is 6.04 Å². The van der Waals surface area contributed by atoms with Crippen molar-refractivity contribution in [3.05, 3.63) is 111 Å². The van der Waals surface area contributed by atoms with Crippen LogP contribution in [0.15, 0.2) is 93.2 Å². The molecule has 4 rings (SSSR count). The van der Waals surface area contributed by atoms with Gasteiger partial charge < -0.3 is 5.32 Å². The van der Waals surface area contributed by atoms with Gasteiger partial charge in [0.25, 0.3) is 17.4 Å². The highest BCUT2D eigenvalue weighted by Crippen LogP contribution is 2.20. The van der Waals surface area contributed by atoms with Crippen LogP contribution in [0.1, 0.15) is 27.7 Å². The molecule has 2 amide bonds. The van der Waals surface area contributed by atoms with Crippen molar-refractivity contribution in [3.63, 3.8) is 0 Å². The number of aromatic nitrogens is 2. The molecule has 0 aliphatic rings. The summed E-state index contributed by atoms with van der Waals surface area (Å²) in [6, 6.07) is 21.4. The number of amides is 2. The Bertz CT molecular complexity index is 1380. The lowest BCUT2D eigenvalue weighted by atomic mass is 10.0. The Morgan fingerprint density at radius 3 is 2.33 bits per heavy atom. The zero-order valence-corrected chi connectivity index (χ0v) is 18.7. The van der Waals surface area contributed by atoms with Crippen LogP contribution < -0.4 is 16.3 Å². The molecule has 1 aromatic heterocycles. The number of halogens is 1. The molecule has 0 radical (unpaired) electrons. The zero-order valence-electron chi connectivity index (χ0n) is 17.2. The van der Waals surface area contributed by atoms with Gasteiger partial charge in [0.2, 0.25) is 0 Å². The smallest absolute Gasteiger partial charge is 0.272 e. The average Bonchev–Trinajstić information content (AvgIpc) is 2.85. The minimum Gasteiger partial charge on any atom is -0.335 e. The van der Waals surface area contributed by atoms with E-state index < -0.39 is 23.4 Å². The van der Waals surface area contributed by atoms with Crippen LogP contribution in [0.5, 0.6) is 0 Å². The zero-order chi connectivity index (χ0) is 23.2. The Kier molecular flexibility index (Phi) is 6.70. The number of carbonyl (C=O) groups excluding carboxylic acids is 2. The van der Waals surface area contributed by atoms with Gasteiger partial charge in [-0.2, -0.15) is 10.2 Å². The number of rotatable bonds is 6. The van der Waals surface area contributed by atoms with Gasteiger partial charge in [-0.05, 0) is 35.9 Å². The molecule has 0 aliphatic carbocycles. The average molecular weight is 504 g/mol. The minimum absolute atomic E-state index is 0.200. The van der Waals surface area contributed by atoms with Crippen LogP contribution >= 0.6 is 15.9 Å². The summed E-state index contributed by atoms with van der Waals surface area (Å²) >= 11 is 3.36. The molecule has 0 bridgehead atoms. The van der Waals surface area contributed by atoms with Gasteiger partial charge in [-0.3, -0.25) is 14.4 Å². The number of nitrogens with zero attached hydrogens (tertiary/aromatic N) is 2. The van der Waals surface area contributed by atoms with Crippen molar-refractivity contribution in [1.82, 2.24) is 20.9 Å². The third kappa shape index (κ3) is 5.21. The van der Waals surface area contributed by atoms with E-state index in [-0.39, 0.29) is 5.69 Å². The molecular formula is C24H18BrN5O3. The lowest BCUT2D eigenvalue weighted by Crippen LogP contribution is -2.40. The van der Waals surface area contributed by atoms with Crippen LogP contribution in [0.3, 0.4) is 0 Å². The third-order valence-electron chi connectivity index (χ3n) is 4.83. The fourth-order valence-electron chi connectivity index (χ4n) is 3.20. The summed E-state index contributed by atoms with van der Waals surface area (Å²) in [5.41, 5.74) is 3.41.